The molecule has 2 heterocycles. The number of carbonyl (C=O) groups is 2. The number of benzene rings is 2. The van der Waals surface area contributed by atoms with Crippen LogP contribution in [0.25, 0.3) is 11.1 Å². The second-order valence-electron chi connectivity index (χ2n) is 7.03. The minimum absolute atomic E-state index is 0.00372. The van der Waals surface area contributed by atoms with Crippen LogP contribution >= 0.6 is 0 Å². The van der Waals surface area contributed by atoms with Gasteiger partial charge in [0.1, 0.15) is 0 Å². The van der Waals surface area contributed by atoms with Gasteiger partial charge in [-0.15, -0.1) is 0 Å². The van der Waals surface area contributed by atoms with Gasteiger partial charge in [-0.3, -0.25) is 14.2 Å². The van der Waals surface area contributed by atoms with Gasteiger partial charge in [-0.05, 0) is 37.1 Å². The summed E-state index contributed by atoms with van der Waals surface area (Å²) in [6.45, 7) is 1.11. The lowest BCUT2D eigenvalue weighted by Gasteiger charge is -2.31. The number of hydrogen-bond donors (Lipinski definition) is 1. The Morgan fingerprint density at radius 3 is 2.50 bits per heavy atom. The van der Waals surface area contributed by atoms with Crippen molar-refractivity contribution in [1.82, 2.24) is 9.47 Å². The molecule has 0 spiro atoms. The number of hydrogen-bond acceptors (Lipinski definition) is 4. The number of carbonyl (C=O) groups excluding carboxylic acids is 2. The van der Waals surface area contributed by atoms with Crippen molar-refractivity contribution in [3.05, 3.63) is 64.6 Å². The first-order chi connectivity index (χ1) is 13.5. The van der Waals surface area contributed by atoms with Crippen molar-refractivity contribution in [3.8, 4) is 0 Å². The van der Waals surface area contributed by atoms with Crippen molar-refractivity contribution in [2.24, 2.45) is 13.0 Å². The minimum Gasteiger partial charge on any atom is -0.408 e. The summed E-state index contributed by atoms with van der Waals surface area (Å²) in [5, 5.41) is 2.89. The Kier molecular flexibility index (Phi) is 4.73. The third kappa shape index (κ3) is 3.43. The smallest absolute Gasteiger partial charge is 0.408 e. The fraction of sp³-hybridized carbons (Fsp3) is 0.286. The van der Waals surface area contributed by atoms with E-state index in [0.717, 1.165) is 0 Å². The van der Waals surface area contributed by atoms with Crippen molar-refractivity contribution in [3.63, 3.8) is 0 Å². The molecule has 0 aliphatic carbocycles. The highest BCUT2D eigenvalue weighted by Crippen LogP contribution is 2.23. The van der Waals surface area contributed by atoms with E-state index in [1.807, 2.05) is 18.2 Å². The first-order valence-corrected chi connectivity index (χ1v) is 9.27. The second-order valence-corrected chi connectivity index (χ2v) is 7.03. The maximum absolute atomic E-state index is 12.6. The van der Waals surface area contributed by atoms with E-state index in [2.05, 4.69) is 5.32 Å². The SMILES string of the molecule is Cn1c(=O)oc2cc(NC(=O)C3CCN(C(=O)c4ccccc4)CC3)ccc21. The van der Waals surface area contributed by atoms with Crippen molar-refractivity contribution in [1.29, 1.82) is 0 Å². The summed E-state index contributed by atoms with van der Waals surface area (Å²) < 4.78 is 6.58. The van der Waals surface area contributed by atoms with Crippen LogP contribution in [0.4, 0.5) is 5.69 Å². The van der Waals surface area contributed by atoms with Gasteiger partial charge in [-0.2, -0.15) is 0 Å². The monoisotopic (exact) mass is 379 g/mol. The Bertz CT molecular complexity index is 1080. The fourth-order valence-electron chi connectivity index (χ4n) is 3.56. The fourth-order valence-corrected chi connectivity index (χ4v) is 3.56. The van der Waals surface area contributed by atoms with Gasteiger partial charge in [-0.1, -0.05) is 18.2 Å². The summed E-state index contributed by atoms with van der Waals surface area (Å²) in [5.41, 5.74) is 2.38. The highest BCUT2D eigenvalue weighted by Gasteiger charge is 2.28. The molecule has 1 aliphatic rings. The number of aromatic nitrogens is 1. The van der Waals surface area contributed by atoms with E-state index in [1.54, 1.807) is 42.3 Å². The van der Waals surface area contributed by atoms with E-state index in [0.29, 0.717) is 48.3 Å². The zero-order chi connectivity index (χ0) is 19.7. The molecule has 1 aromatic heterocycles. The van der Waals surface area contributed by atoms with Gasteiger partial charge >= 0.3 is 5.76 Å². The molecular weight excluding hydrogens is 358 g/mol. The van der Waals surface area contributed by atoms with Gasteiger partial charge in [0, 0.05) is 43.4 Å². The molecule has 144 valence electrons. The largest absolute Gasteiger partial charge is 0.419 e. The van der Waals surface area contributed by atoms with E-state index >= 15 is 0 Å². The molecule has 0 radical (unpaired) electrons. The summed E-state index contributed by atoms with van der Waals surface area (Å²) in [4.78, 5) is 38.5. The molecule has 3 aromatic rings. The van der Waals surface area contributed by atoms with Crippen molar-refractivity contribution in [2.45, 2.75) is 12.8 Å². The molecule has 28 heavy (non-hydrogen) atoms. The highest BCUT2D eigenvalue weighted by molar-refractivity contribution is 5.96. The van der Waals surface area contributed by atoms with Crippen molar-refractivity contribution >= 4 is 28.6 Å². The lowest BCUT2D eigenvalue weighted by atomic mass is 9.95. The summed E-state index contributed by atoms with van der Waals surface area (Å²) in [6, 6.07) is 14.3. The normalized spacial score (nSPS) is 15.0. The maximum Gasteiger partial charge on any atom is 0.419 e. The van der Waals surface area contributed by atoms with Crippen molar-refractivity contribution in [2.75, 3.05) is 18.4 Å². The van der Waals surface area contributed by atoms with Crippen LogP contribution in [0.2, 0.25) is 0 Å². The average molecular weight is 379 g/mol. The minimum atomic E-state index is -0.436. The molecule has 0 saturated carbocycles. The number of amides is 2. The van der Waals surface area contributed by atoms with Crippen LogP contribution < -0.4 is 11.1 Å². The number of oxazole rings is 1. The van der Waals surface area contributed by atoms with E-state index < -0.39 is 5.76 Å². The molecule has 1 fully saturated rings. The predicted octanol–water partition coefficient (Wildman–Crippen LogP) is 2.62. The first kappa shape index (κ1) is 18.0. The molecular formula is C21H21N3O4. The molecule has 0 atom stereocenters. The third-order valence-corrected chi connectivity index (χ3v) is 5.23. The number of anilines is 1. The van der Waals surface area contributed by atoms with E-state index in [4.69, 9.17) is 4.42 Å². The van der Waals surface area contributed by atoms with Gasteiger partial charge in [0.05, 0.1) is 5.52 Å². The standard InChI is InChI=1S/C21H21N3O4/c1-23-17-8-7-16(13-18(17)28-21(23)27)22-19(25)14-9-11-24(12-10-14)20(26)15-5-3-2-4-6-15/h2-8,13-14H,9-12H2,1H3,(H,22,25). The third-order valence-electron chi connectivity index (χ3n) is 5.23. The van der Waals surface area contributed by atoms with Crippen LogP contribution in [0.15, 0.2) is 57.7 Å². The quantitative estimate of drug-likeness (QED) is 0.758. The summed E-state index contributed by atoms with van der Waals surface area (Å²) in [7, 11) is 1.64. The molecule has 2 aromatic carbocycles. The van der Waals surface area contributed by atoms with Crippen LogP contribution in [0.5, 0.6) is 0 Å². The van der Waals surface area contributed by atoms with E-state index in [9.17, 15) is 14.4 Å². The summed E-state index contributed by atoms with van der Waals surface area (Å²) in [6.07, 6.45) is 1.24. The molecule has 1 aliphatic heterocycles. The van der Waals surface area contributed by atoms with E-state index in [1.165, 1.54) is 4.57 Å². The molecule has 0 unspecified atom stereocenters. The molecule has 4 rings (SSSR count). The Labute approximate surface area is 161 Å². The highest BCUT2D eigenvalue weighted by atomic mass is 16.4. The van der Waals surface area contributed by atoms with Crippen LogP contribution in [0, 0.1) is 5.92 Å². The zero-order valence-electron chi connectivity index (χ0n) is 15.6. The first-order valence-electron chi connectivity index (χ1n) is 9.27. The molecule has 1 saturated heterocycles. The lowest BCUT2D eigenvalue weighted by molar-refractivity contribution is -0.121. The van der Waals surface area contributed by atoms with Gasteiger partial charge in [-0.25, -0.2) is 4.79 Å². The maximum atomic E-state index is 12.6. The van der Waals surface area contributed by atoms with Gasteiger partial charge in [0.25, 0.3) is 5.91 Å². The zero-order valence-corrected chi connectivity index (χ0v) is 15.6. The topological polar surface area (TPSA) is 84.6 Å². The summed E-state index contributed by atoms with van der Waals surface area (Å²) >= 11 is 0. The average Bonchev–Trinajstić information content (AvgIpc) is 3.01. The number of fused-ring (bicyclic) bond motifs is 1. The van der Waals surface area contributed by atoms with Crippen LogP contribution in [-0.4, -0.2) is 34.4 Å². The van der Waals surface area contributed by atoms with E-state index in [-0.39, 0.29) is 17.7 Å². The molecule has 0 bridgehead atoms. The molecule has 2 amide bonds. The Morgan fingerprint density at radius 1 is 1.07 bits per heavy atom. The Morgan fingerprint density at radius 2 is 1.79 bits per heavy atom. The number of piperidine rings is 1. The molecule has 7 heteroatoms. The number of nitrogens with one attached hydrogen (secondary N) is 1. The summed E-state index contributed by atoms with van der Waals surface area (Å²) in [5.74, 6) is -0.666. The molecule has 1 N–H and O–H groups in total. The Hall–Kier alpha value is -3.35. The number of rotatable bonds is 3. The molecule has 7 nitrogen and oxygen atoms in total. The lowest BCUT2D eigenvalue weighted by Crippen LogP contribution is -2.41. The number of likely N-dealkylation sites (tertiary alicyclic amines) is 1. The predicted molar refractivity (Wildman–Crippen MR) is 105 cm³/mol. The van der Waals surface area contributed by atoms with Crippen molar-refractivity contribution < 1.29 is 14.0 Å². The number of nitrogens with zero attached hydrogens (tertiary/aromatic N) is 2. The Balaban J connectivity index is 1.38. The van der Waals surface area contributed by atoms with Crippen LogP contribution in [0.3, 0.4) is 0 Å². The van der Waals surface area contributed by atoms with Crippen LogP contribution in [0.1, 0.15) is 23.2 Å². The van der Waals surface area contributed by atoms with Crippen LogP contribution in [-0.2, 0) is 11.8 Å². The second kappa shape index (κ2) is 7.34. The van der Waals surface area contributed by atoms with Gasteiger partial charge < -0.3 is 14.6 Å². The van der Waals surface area contributed by atoms with Gasteiger partial charge in [0.15, 0.2) is 5.58 Å². The number of aryl methyl sites for hydroxylation is 1. The van der Waals surface area contributed by atoms with Gasteiger partial charge in [0.2, 0.25) is 5.91 Å².